The topological polar surface area (TPSA) is 101 Å². The maximum atomic E-state index is 12.3. The van der Waals surface area contributed by atoms with Gasteiger partial charge in [-0.15, -0.1) is 0 Å². The number of amides is 1. The molecule has 0 spiro atoms. The molecule has 0 radical (unpaired) electrons. The maximum Gasteiger partial charge on any atom is 0.322 e. The first-order chi connectivity index (χ1) is 10.6. The van der Waals surface area contributed by atoms with Crippen molar-refractivity contribution >= 4 is 11.6 Å². The predicted molar refractivity (Wildman–Crippen MR) is 79.7 cm³/mol. The van der Waals surface area contributed by atoms with Gasteiger partial charge in [-0.1, -0.05) is 30.3 Å². The Kier molecular flexibility index (Phi) is 3.62. The lowest BCUT2D eigenvalue weighted by Gasteiger charge is -2.37. The van der Waals surface area contributed by atoms with Crippen molar-refractivity contribution in [3.8, 4) is 0 Å². The smallest absolute Gasteiger partial charge is 0.322 e. The van der Waals surface area contributed by atoms with Gasteiger partial charge < -0.3 is 5.32 Å². The van der Waals surface area contributed by atoms with Gasteiger partial charge in [-0.3, -0.25) is 20.0 Å². The molecule has 1 saturated carbocycles. The number of aromatic amines is 1. The highest BCUT2D eigenvalue weighted by molar-refractivity contribution is 5.96. The van der Waals surface area contributed by atoms with Crippen LogP contribution >= 0.6 is 0 Å². The van der Waals surface area contributed by atoms with Gasteiger partial charge in [0.2, 0.25) is 5.69 Å². The zero-order valence-electron chi connectivity index (χ0n) is 12.1. The molecule has 1 aromatic heterocycles. The summed E-state index contributed by atoms with van der Waals surface area (Å²) in [6.45, 7) is 1.53. The number of nitrogens with zero attached hydrogens (tertiary/aromatic N) is 2. The van der Waals surface area contributed by atoms with Crippen molar-refractivity contribution in [3.63, 3.8) is 0 Å². The van der Waals surface area contributed by atoms with E-state index in [1.165, 1.54) is 12.5 Å². The fraction of sp³-hybridized carbons (Fsp3) is 0.333. The van der Waals surface area contributed by atoms with Crippen molar-refractivity contribution in [2.24, 2.45) is 0 Å². The fourth-order valence-corrected chi connectivity index (χ4v) is 2.81. The number of hydrogen-bond donors (Lipinski definition) is 2. The Bertz CT molecular complexity index is 711. The molecule has 114 valence electrons. The molecule has 7 nitrogen and oxygen atoms in total. The fourth-order valence-electron chi connectivity index (χ4n) is 2.81. The average Bonchev–Trinajstić information content (AvgIpc) is 2.86. The summed E-state index contributed by atoms with van der Waals surface area (Å²) in [6.07, 6.45) is 1.86. The number of rotatable bonds is 4. The summed E-state index contributed by atoms with van der Waals surface area (Å²) in [5, 5.41) is 20.2. The third kappa shape index (κ3) is 2.45. The Balaban J connectivity index is 1.74. The van der Waals surface area contributed by atoms with Crippen LogP contribution in [0.4, 0.5) is 5.69 Å². The summed E-state index contributed by atoms with van der Waals surface area (Å²) in [6, 6.07) is 9.94. The van der Waals surface area contributed by atoms with Crippen molar-refractivity contribution in [3.05, 3.63) is 57.4 Å². The van der Waals surface area contributed by atoms with Gasteiger partial charge >= 0.3 is 5.69 Å². The van der Waals surface area contributed by atoms with Crippen LogP contribution in [-0.4, -0.2) is 27.1 Å². The second-order valence-electron chi connectivity index (χ2n) is 5.48. The summed E-state index contributed by atoms with van der Waals surface area (Å²) >= 11 is 0. The van der Waals surface area contributed by atoms with Gasteiger partial charge in [0.25, 0.3) is 5.91 Å². The normalized spacial score (nSPS) is 20.2. The number of aromatic nitrogens is 2. The van der Waals surface area contributed by atoms with Gasteiger partial charge in [0.05, 0.1) is 4.92 Å². The molecule has 1 aromatic carbocycles. The Labute approximate surface area is 126 Å². The van der Waals surface area contributed by atoms with Crippen molar-refractivity contribution in [2.45, 2.75) is 31.7 Å². The molecular formula is C15H16N4O3. The lowest BCUT2D eigenvalue weighted by molar-refractivity contribution is -0.385. The molecule has 0 unspecified atom stereocenters. The SMILES string of the molecule is Cc1[nH]nc(C(=O)N[C@@H]2CC[C@@H]2c2ccccc2)c1[N+](=O)[O-]. The molecule has 7 heteroatoms. The van der Waals surface area contributed by atoms with Crippen molar-refractivity contribution in [1.82, 2.24) is 15.5 Å². The van der Waals surface area contributed by atoms with Crippen molar-refractivity contribution in [2.75, 3.05) is 0 Å². The minimum Gasteiger partial charge on any atom is -0.347 e. The number of nitro groups is 1. The number of H-pyrrole nitrogens is 1. The summed E-state index contributed by atoms with van der Waals surface area (Å²) in [7, 11) is 0. The third-order valence-electron chi connectivity index (χ3n) is 4.13. The van der Waals surface area contributed by atoms with Crippen LogP contribution in [0.5, 0.6) is 0 Å². The van der Waals surface area contributed by atoms with Crippen LogP contribution in [0.2, 0.25) is 0 Å². The number of aryl methyl sites for hydroxylation is 1. The molecular weight excluding hydrogens is 284 g/mol. The molecule has 2 N–H and O–H groups in total. The number of benzene rings is 1. The highest BCUT2D eigenvalue weighted by atomic mass is 16.6. The van der Waals surface area contributed by atoms with Gasteiger partial charge in [-0.25, -0.2) is 0 Å². The van der Waals surface area contributed by atoms with Gasteiger partial charge in [-0.2, -0.15) is 5.10 Å². The predicted octanol–water partition coefficient (Wildman–Crippen LogP) is 2.30. The van der Waals surface area contributed by atoms with Crippen molar-refractivity contribution < 1.29 is 9.72 Å². The molecule has 1 aliphatic carbocycles. The zero-order chi connectivity index (χ0) is 15.7. The van der Waals surface area contributed by atoms with Crippen LogP contribution in [0.3, 0.4) is 0 Å². The highest BCUT2D eigenvalue weighted by Gasteiger charge is 2.35. The standard InChI is InChI=1S/C15H16N4O3/c1-9-14(19(21)22)13(18-17-9)15(20)16-12-8-7-11(12)10-5-3-2-4-6-10/h2-6,11-12H,7-8H2,1H3,(H,16,20)(H,17,18)/t11-,12-/m1/s1. The second-order valence-corrected chi connectivity index (χ2v) is 5.48. The summed E-state index contributed by atoms with van der Waals surface area (Å²) < 4.78 is 0. The van der Waals surface area contributed by atoms with Gasteiger partial charge in [0, 0.05) is 12.0 Å². The molecule has 0 bridgehead atoms. The van der Waals surface area contributed by atoms with E-state index in [0.717, 1.165) is 12.8 Å². The van der Waals surface area contributed by atoms with Gasteiger partial charge in [0.15, 0.2) is 0 Å². The summed E-state index contributed by atoms with van der Waals surface area (Å²) in [4.78, 5) is 22.7. The molecule has 1 aliphatic rings. The van der Waals surface area contributed by atoms with Crippen LogP contribution in [0, 0.1) is 17.0 Å². The zero-order valence-corrected chi connectivity index (χ0v) is 12.1. The van der Waals surface area contributed by atoms with E-state index in [2.05, 4.69) is 15.5 Å². The van der Waals surface area contributed by atoms with Crippen LogP contribution < -0.4 is 5.32 Å². The third-order valence-corrected chi connectivity index (χ3v) is 4.13. The second kappa shape index (κ2) is 5.59. The Morgan fingerprint density at radius 1 is 1.36 bits per heavy atom. The average molecular weight is 300 g/mol. The molecule has 0 aliphatic heterocycles. The first kappa shape index (κ1) is 14.2. The van der Waals surface area contributed by atoms with Crippen LogP contribution in [0.15, 0.2) is 30.3 Å². The van der Waals surface area contributed by atoms with E-state index in [1.54, 1.807) is 0 Å². The Morgan fingerprint density at radius 2 is 2.09 bits per heavy atom. The number of hydrogen-bond acceptors (Lipinski definition) is 4. The molecule has 2 aromatic rings. The minimum atomic E-state index is -0.580. The molecule has 2 atom stereocenters. The molecule has 22 heavy (non-hydrogen) atoms. The Hall–Kier alpha value is -2.70. The maximum absolute atomic E-state index is 12.3. The van der Waals surface area contributed by atoms with Crippen molar-refractivity contribution in [1.29, 1.82) is 0 Å². The van der Waals surface area contributed by atoms with E-state index in [9.17, 15) is 14.9 Å². The van der Waals surface area contributed by atoms with E-state index in [0.29, 0.717) is 0 Å². The van der Waals surface area contributed by atoms with E-state index in [4.69, 9.17) is 0 Å². The van der Waals surface area contributed by atoms with E-state index < -0.39 is 10.8 Å². The molecule has 1 heterocycles. The molecule has 3 rings (SSSR count). The highest BCUT2D eigenvalue weighted by Crippen LogP contribution is 2.37. The summed E-state index contributed by atoms with van der Waals surface area (Å²) in [5.41, 5.74) is 1.05. The molecule has 1 fully saturated rings. The van der Waals surface area contributed by atoms with E-state index in [1.807, 2.05) is 30.3 Å². The van der Waals surface area contributed by atoms with Crippen LogP contribution in [0.1, 0.15) is 40.5 Å². The lowest BCUT2D eigenvalue weighted by atomic mass is 9.75. The largest absolute Gasteiger partial charge is 0.347 e. The lowest BCUT2D eigenvalue weighted by Crippen LogP contribution is -2.45. The monoisotopic (exact) mass is 300 g/mol. The molecule has 1 amide bonds. The quantitative estimate of drug-likeness (QED) is 0.668. The number of nitrogens with one attached hydrogen (secondary N) is 2. The number of carbonyl (C=O) groups is 1. The van der Waals surface area contributed by atoms with E-state index in [-0.39, 0.29) is 29.0 Å². The van der Waals surface area contributed by atoms with Crippen LogP contribution in [0.25, 0.3) is 0 Å². The van der Waals surface area contributed by atoms with E-state index >= 15 is 0 Å². The van der Waals surface area contributed by atoms with Crippen LogP contribution in [-0.2, 0) is 0 Å². The molecule has 0 saturated heterocycles. The minimum absolute atomic E-state index is 0.00786. The summed E-state index contributed by atoms with van der Waals surface area (Å²) in [5.74, 6) is -0.245. The Morgan fingerprint density at radius 3 is 2.68 bits per heavy atom. The first-order valence-electron chi connectivity index (χ1n) is 7.13. The number of carbonyl (C=O) groups excluding carboxylic acids is 1. The van der Waals surface area contributed by atoms with Gasteiger partial charge in [0.1, 0.15) is 5.69 Å². The van der Waals surface area contributed by atoms with Gasteiger partial charge in [-0.05, 0) is 25.3 Å². The first-order valence-corrected chi connectivity index (χ1v) is 7.13.